The van der Waals surface area contributed by atoms with Crippen molar-refractivity contribution < 1.29 is 0 Å². The first-order valence-corrected chi connectivity index (χ1v) is 6.82. The molecule has 17 heavy (non-hydrogen) atoms. The maximum absolute atomic E-state index is 6.17. The zero-order chi connectivity index (χ0) is 12.0. The number of rotatable bonds is 3. The van der Waals surface area contributed by atoms with Crippen LogP contribution in [0.4, 0.5) is 5.82 Å². The summed E-state index contributed by atoms with van der Waals surface area (Å²) in [4.78, 5) is 9.01. The van der Waals surface area contributed by atoms with Crippen LogP contribution in [0, 0.1) is 12.8 Å². The van der Waals surface area contributed by atoms with Crippen LogP contribution in [0.15, 0.2) is 0 Å². The van der Waals surface area contributed by atoms with Crippen LogP contribution in [0.5, 0.6) is 0 Å². The van der Waals surface area contributed by atoms with Crippen molar-refractivity contribution in [3.05, 3.63) is 16.5 Å². The van der Waals surface area contributed by atoms with Gasteiger partial charge >= 0.3 is 0 Å². The molecule has 0 aromatic carbocycles. The van der Waals surface area contributed by atoms with Gasteiger partial charge in [-0.05, 0) is 38.5 Å². The molecule has 0 saturated heterocycles. The van der Waals surface area contributed by atoms with E-state index >= 15 is 0 Å². The van der Waals surface area contributed by atoms with E-state index in [9.17, 15) is 0 Å². The van der Waals surface area contributed by atoms with E-state index in [1.807, 2.05) is 6.92 Å². The molecule has 3 rings (SSSR count). The molecule has 1 heterocycles. The maximum atomic E-state index is 6.17. The molecule has 0 spiro atoms. The molecule has 4 heteroatoms. The molecular weight excluding hydrogens is 234 g/mol. The van der Waals surface area contributed by atoms with Gasteiger partial charge in [-0.3, -0.25) is 0 Å². The number of nitrogens with one attached hydrogen (secondary N) is 1. The van der Waals surface area contributed by atoms with Crippen molar-refractivity contribution in [3.63, 3.8) is 0 Å². The Kier molecular flexibility index (Phi) is 2.74. The molecule has 2 aliphatic rings. The van der Waals surface area contributed by atoms with Crippen LogP contribution in [-0.2, 0) is 0 Å². The highest BCUT2D eigenvalue weighted by Crippen LogP contribution is 2.40. The lowest BCUT2D eigenvalue weighted by Crippen LogP contribution is -2.34. The molecule has 2 fully saturated rings. The smallest absolute Gasteiger partial charge is 0.137 e. The maximum Gasteiger partial charge on any atom is 0.137 e. The number of anilines is 1. The molecule has 2 saturated carbocycles. The van der Waals surface area contributed by atoms with E-state index in [2.05, 4.69) is 22.2 Å². The first-order valence-electron chi connectivity index (χ1n) is 6.44. The van der Waals surface area contributed by atoms with Crippen molar-refractivity contribution >= 4 is 17.4 Å². The molecule has 92 valence electrons. The molecule has 0 unspecified atom stereocenters. The van der Waals surface area contributed by atoms with Gasteiger partial charge in [0.15, 0.2) is 0 Å². The highest BCUT2D eigenvalue weighted by Gasteiger charge is 2.30. The highest BCUT2D eigenvalue weighted by atomic mass is 35.5. The van der Waals surface area contributed by atoms with Gasteiger partial charge in [-0.25, -0.2) is 9.97 Å². The number of nitrogens with zero attached hydrogens (tertiary/aromatic N) is 2. The Bertz CT molecular complexity index is 437. The normalized spacial score (nSPS) is 27.7. The fourth-order valence-electron chi connectivity index (χ4n) is 2.38. The number of aromatic nitrogens is 2. The van der Waals surface area contributed by atoms with Crippen LogP contribution in [-0.4, -0.2) is 16.0 Å². The SMILES string of the molecule is Cc1c(Cl)nc(C2CC2)nc1NC1CC(C)C1. The molecule has 0 atom stereocenters. The Hall–Kier alpha value is -0.830. The van der Waals surface area contributed by atoms with Crippen LogP contribution in [0.1, 0.15) is 49.9 Å². The lowest BCUT2D eigenvalue weighted by Gasteiger charge is -2.34. The minimum Gasteiger partial charge on any atom is -0.367 e. The van der Waals surface area contributed by atoms with E-state index in [4.69, 9.17) is 11.6 Å². The summed E-state index contributed by atoms with van der Waals surface area (Å²) in [5.41, 5.74) is 0.982. The molecule has 0 bridgehead atoms. The van der Waals surface area contributed by atoms with Crippen LogP contribution in [0.3, 0.4) is 0 Å². The minimum atomic E-state index is 0.550. The quantitative estimate of drug-likeness (QED) is 0.836. The van der Waals surface area contributed by atoms with Gasteiger partial charge in [0.1, 0.15) is 16.8 Å². The fourth-order valence-corrected chi connectivity index (χ4v) is 2.56. The lowest BCUT2D eigenvalue weighted by molar-refractivity contribution is 0.308. The summed E-state index contributed by atoms with van der Waals surface area (Å²) in [5.74, 6) is 3.27. The highest BCUT2D eigenvalue weighted by molar-refractivity contribution is 6.30. The molecule has 1 N–H and O–H groups in total. The Morgan fingerprint density at radius 3 is 2.53 bits per heavy atom. The summed E-state index contributed by atoms with van der Waals surface area (Å²) >= 11 is 6.17. The van der Waals surface area contributed by atoms with Crippen LogP contribution >= 0.6 is 11.6 Å². The van der Waals surface area contributed by atoms with Crippen molar-refractivity contribution in [1.29, 1.82) is 0 Å². The van der Waals surface area contributed by atoms with E-state index in [1.165, 1.54) is 25.7 Å². The van der Waals surface area contributed by atoms with Gasteiger partial charge < -0.3 is 5.32 Å². The molecule has 3 nitrogen and oxygen atoms in total. The predicted molar refractivity (Wildman–Crippen MR) is 69.6 cm³/mol. The van der Waals surface area contributed by atoms with Gasteiger partial charge in [-0.15, -0.1) is 0 Å². The van der Waals surface area contributed by atoms with E-state index in [0.29, 0.717) is 17.1 Å². The zero-order valence-corrected chi connectivity index (χ0v) is 11.1. The van der Waals surface area contributed by atoms with Gasteiger partial charge in [0, 0.05) is 17.5 Å². The Morgan fingerprint density at radius 2 is 1.94 bits per heavy atom. The summed E-state index contributed by atoms with van der Waals surface area (Å²) in [6, 6.07) is 0.571. The number of hydrogen-bond donors (Lipinski definition) is 1. The second kappa shape index (κ2) is 4.13. The number of hydrogen-bond acceptors (Lipinski definition) is 3. The molecule has 1 aromatic heterocycles. The van der Waals surface area contributed by atoms with Crippen LogP contribution in [0.2, 0.25) is 5.15 Å². The zero-order valence-electron chi connectivity index (χ0n) is 10.3. The first kappa shape index (κ1) is 11.3. The van der Waals surface area contributed by atoms with Crippen molar-refractivity contribution in [2.24, 2.45) is 5.92 Å². The molecule has 0 aliphatic heterocycles. The van der Waals surface area contributed by atoms with Crippen LogP contribution in [0.25, 0.3) is 0 Å². The summed E-state index contributed by atoms with van der Waals surface area (Å²) in [5, 5.41) is 4.11. The predicted octanol–water partition coefficient (Wildman–Crippen LogP) is 3.53. The molecule has 2 aliphatic carbocycles. The van der Waals surface area contributed by atoms with Crippen molar-refractivity contribution in [3.8, 4) is 0 Å². The van der Waals surface area contributed by atoms with E-state index in [0.717, 1.165) is 23.1 Å². The van der Waals surface area contributed by atoms with Gasteiger partial charge in [-0.2, -0.15) is 0 Å². The second-order valence-electron chi connectivity index (χ2n) is 5.54. The molecule has 0 amide bonds. The van der Waals surface area contributed by atoms with E-state index in [-0.39, 0.29) is 0 Å². The topological polar surface area (TPSA) is 37.8 Å². The third-order valence-electron chi connectivity index (χ3n) is 3.76. The van der Waals surface area contributed by atoms with E-state index < -0.39 is 0 Å². The standard InChI is InChI=1S/C13H18ClN3/c1-7-5-10(6-7)15-12-8(2)11(14)16-13(17-12)9-3-4-9/h7,9-10H,3-6H2,1-2H3,(H,15,16,17). The fraction of sp³-hybridized carbons (Fsp3) is 0.692. The summed E-state index contributed by atoms with van der Waals surface area (Å²) < 4.78 is 0. The van der Waals surface area contributed by atoms with Crippen LogP contribution < -0.4 is 5.32 Å². The molecule has 0 radical (unpaired) electrons. The van der Waals surface area contributed by atoms with Crippen molar-refractivity contribution in [1.82, 2.24) is 9.97 Å². The van der Waals surface area contributed by atoms with E-state index in [1.54, 1.807) is 0 Å². The van der Waals surface area contributed by atoms with Gasteiger partial charge in [0.25, 0.3) is 0 Å². The molecule has 1 aromatic rings. The van der Waals surface area contributed by atoms with Gasteiger partial charge in [0.2, 0.25) is 0 Å². The third kappa shape index (κ3) is 2.25. The first-order chi connectivity index (χ1) is 8.13. The Balaban J connectivity index is 1.81. The van der Waals surface area contributed by atoms with Crippen molar-refractivity contribution in [2.45, 2.75) is 51.5 Å². The summed E-state index contributed by atoms with van der Waals surface area (Å²) in [6.07, 6.45) is 4.89. The second-order valence-corrected chi connectivity index (χ2v) is 5.90. The summed E-state index contributed by atoms with van der Waals surface area (Å²) in [7, 11) is 0. The van der Waals surface area contributed by atoms with Gasteiger partial charge in [-0.1, -0.05) is 18.5 Å². The average molecular weight is 252 g/mol. The number of halogens is 1. The van der Waals surface area contributed by atoms with Crippen molar-refractivity contribution in [2.75, 3.05) is 5.32 Å². The lowest BCUT2D eigenvalue weighted by atomic mass is 9.82. The Labute approximate surface area is 107 Å². The average Bonchev–Trinajstić information content (AvgIpc) is 3.05. The Morgan fingerprint density at radius 1 is 1.24 bits per heavy atom. The largest absolute Gasteiger partial charge is 0.367 e. The summed E-state index contributed by atoms with van der Waals surface area (Å²) in [6.45, 7) is 4.27. The minimum absolute atomic E-state index is 0.550. The third-order valence-corrected chi connectivity index (χ3v) is 4.13. The van der Waals surface area contributed by atoms with Gasteiger partial charge in [0.05, 0.1) is 0 Å². The monoisotopic (exact) mass is 251 g/mol. The molecular formula is C13H18ClN3.